The van der Waals surface area contributed by atoms with Gasteiger partial charge in [-0.3, -0.25) is 0 Å². The maximum atomic E-state index is 13.7. The Labute approximate surface area is 139 Å². The number of benzene rings is 1. The van der Waals surface area contributed by atoms with Gasteiger partial charge < -0.3 is 20.1 Å². The van der Waals surface area contributed by atoms with Gasteiger partial charge in [0, 0.05) is 31.4 Å². The fourth-order valence-corrected chi connectivity index (χ4v) is 3.92. The molecule has 2 N–H and O–H groups in total. The van der Waals surface area contributed by atoms with Crippen molar-refractivity contribution in [3.63, 3.8) is 0 Å². The van der Waals surface area contributed by atoms with Crippen LogP contribution in [0.4, 0.5) is 19.3 Å². The first-order valence-corrected chi connectivity index (χ1v) is 8.22. The van der Waals surface area contributed by atoms with E-state index >= 15 is 0 Å². The molecule has 1 aromatic rings. The third kappa shape index (κ3) is 3.31. The summed E-state index contributed by atoms with van der Waals surface area (Å²) in [7, 11) is 1.27. The summed E-state index contributed by atoms with van der Waals surface area (Å²) in [4.78, 5) is 12.3. The van der Waals surface area contributed by atoms with Gasteiger partial charge in [-0.05, 0) is 31.1 Å². The number of carbonyl (C=O) groups is 1. The molecule has 24 heavy (non-hydrogen) atoms. The molecule has 1 aromatic carbocycles. The highest BCUT2D eigenvalue weighted by atomic mass is 19.1. The Hall–Kier alpha value is -1.89. The van der Waals surface area contributed by atoms with E-state index in [0.717, 1.165) is 44.2 Å². The normalized spacial score (nSPS) is 22.4. The molecule has 5 nitrogen and oxygen atoms in total. The zero-order chi connectivity index (χ0) is 17.2. The van der Waals surface area contributed by atoms with Crippen LogP contribution < -0.4 is 15.4 Å². The molecule has 0 radical (unpaired) electrons. The summed E-state index contributed by atoms with van der Waals surface area (Å²) in [5.41, 5.74) is 0.0545. The predicted octanol–water partition coefficient (Wildman–Crippen LogP) is 3.44. The number of amides is 2. The van der Waals surface area contributed by atoms with E-state index in [2.05, 4.69) is 10.6 Å². The average molecular weight is 340 g/mol. The zero-order valence-corrected chi connectivity index (χ0v) is 13.7. The van der Waals surface area contributed by atoms with Crippen LogP contribution in [0.15, 0.2) is 12.1 Å². The summed E-state index contributed by atoms with van der Waals surface area (Å²) in [6.45, 7) is 1.42. The number of rotatable bonds is 3. The molecule has 1 saturated heterocycles. The number of ether oxygens (including phenoxy) is 2. The lowest BCUT2D eigenvalue weighted by Gasteiger charge is -2.39. The Morgan fingerprint density at radius 1 is 1.29 bits per heavy atom. The van der Waals surface area contributed by atoms with Crippen molar-refractivity contribution in [1.29, 1.82) is 0 Å². The van der Waals surface area contributed by atoms with Crippen molar-refractivity contribution in [3.05, 3.63) is 23.8 Å². The first-order valence-electron chi connectivity index (χ1n) is 8.22. The summed E-state index contributed by atoms with van der Waals surface area (Å²) < 4.78 is 37.5. The van der Waals surface area contributed by atoms with Gasteiger partial charge in [-0.25, -0.2) is 13.6 Å². The largest absolute Gasteiger partial charge is 0.492 e. The second-order valence-corrected chi connectivity index (χ2v) is 6.49. The lowest BCUT2D eigenvalue weighted by Crippen LogP contribution is -2.48. The van der Waals surface area contributed by atoms with Gasteiger partial charge in [-0.2, -0.15) is 0 Å². The van der Waals surface area contributed by atoms with E-state index in [0.29, 0.717) is 13.2 Å². The van der Waals surface area contributed by atoms with Gasteiger partial charge in [-0.1, -0.05) is 6.42 Å². The van der Waals surface area contributed by atoms with E-state index in [4.69, 9.17) is 9.47 Å². The number of carbonyl (C=O) groups excluding carboxylic acids is 1. The zero-order valence-electron chi connectivity index (χ0n) is 13.7. The molecule has 2 fully saturated rings. The summed E-state index contributed by atoms with van der Waals surface area (Å²) in [5, 5.41) is 5.48. The van der Waals surface area contributed by atoms with Crippen LogP contribution in [-0.4, -0.2) is 32.4 Å². The number of anilines is 1. The molecule has 0 aromatic heterocycles. The van der Waals surface area contributed by atoms with Gasteiger partial charge in [0.15, 0.2) is 11.6 Å². The number of hydrogen-bond donors (Lipinski definition) is 2. The summed E-state index contributed by atoms with van der Waals surface area (Å²) in [6.07, 6.45) is 4.88. The molecular weight excluding hydrogens is 318 g/mol. The van der Waals surface area contributed by atoms with Crippen LogP contribution in [0.1, 0.15) is 32.1 Å². The quantitative estimate of drug-likeness (QED) is 0.886. The highest BCUT2D eigenvalue weighted by molar-refractivity contribution is 5.91. The standard InChI is InChI=1S/C17H22F2N2O3/c1-23-15-12(19)9-11(18)10-13(15)20-16(22)21-14-3-2-4-17(14)5-7-24-8-6-17/h9-10,14H,2-8H2,1H3,(H2,20,21,22)/t14-/m0/s1. The highest BCUT2D eigenvalue weighted by Gasteiger charge is 2.44. The minimum absolute atomic E-state index is 0.0217. The summed E-state index contributed by atoms with van der Waals surface area (Å²) >= 11 is 0. The molecule has 2 amide bonds. The van der Waals surface area contributed by atoms with Gasteiger partial charge in [0.25, 0.3) is 0 Å². The fraction of sp³-hybridized carbons (Fsp3) is 0.588. The third-order valence-electron chi connectivity index (χ3n) is 5.16. The number of urea groups is 1. The van der Waals surface area contributed by atoms with E-state index in [1.165, 1.54) is 7.11 Å². The number of halogens is 2. The molecule has 1 aliphatic heterocycles. The van der Waals surface area contributed by atoms with Crippen molar-refractivity contribution in [1.82, 2.24) is 5.32 Å². The maximum absolute atomic E-state index is 13.7. The van der Waals surface area contributed by atoms with E-state index in [9.17, 15) is 13.6 Å². The van der Waals surface area contributed by atoms with Gasteiger partial charge in [0.1, 0.15) is 5.82 Å². The maximum Gasteiger partial charge on any atom is 0.319 e. The molecule has 1 saturated carbocycles. The van der Waals surface area contributed by atoms with Crippen LogP contribution in [-0.2, 0) is 4.74 Å². The molecule has 7 heteroatoms. The van der Waals surface area contributed by atoms with Gasteiger partial charge in [-0.15, -0.1) is 0 Å². The van der Waals surface area contributed by atoms with Crippen molar-refractivity contribution in [3.8, 4) is 5.75 Å². The van der Waals surface area contributed by atoms with Crippen molar-refractivity contribution < 1.29 is 23.0 Å². The third-order valence-corrected chi connectivity index (χ3v) is 5.16. The summed E-state index contributed by atoms with van der Waals surface area (Å²) in [5.74, 6) is -1.81. The van der Waals surface area contributed by atoms with E-state index < -0.39 is 17.7 Å². The molecule has 1 atom stereocenters. The molecule has 1 aliphatic carbocycles. The van der Waals surface area contributed by atoms with Crippen LogP contribution in [0.25, 0.3) is 0 Å². The average Bonchev–Trinajstić information content (AvgIpc) is 2.89. The van der Waals surface area contributed by atoms with E-state index in [-0.39, 0.29) is 22.9 Å². The van der Waals surface area contributed by atoms with Crippen LogP contribution in [0.5, 0.6) is 5.75 Å². The molecular formula is C17H22F2N2O3. The first kappa shape index (κ1) is 17.0. The van der Waals surface area contributed by atoms with E-state index in [1.807, 2.05) is 0 Å². The van der Waals surface area contributed by atoms with Crippen molar-refractivity contribution in [2.24, 2.45) is 5.41 Å². The Morgan fingerprint density at radius 3 is 2.75 bits per heavy atom. The second kappa shape index (κ2) is 6.93. The van der Waals surface area contributed by atoms with Gasteiger partial charge in [0.05, 0.1) is 12.8 Å². The van der Waals surface area contributed by atoms with Gasteiger partial charge in [0.2, 0.25) is 0 Å². The fourth-order valence-electron chi connectivity index (χ4n) is 3.92. The molecule has 1 heterocycles. The van der Waals surface area contributed by atoms with Crippen molar-refractivity contribution in [2.45, 2.75) is 38.1 Å². The first-order chi connectivity index (χ1) is 11.5. The Bertz CT molecular complexity index is 618. The highest BCUT2D eigenvalue weighted by Crippen LogP contribution is 2.46. The Balaban J connectivity index is 1.70. The molecule has 2 aliphatic rings. The number of methoxy groups -OCH3 is 1. The minimum atomic E-state index is -0.852. The lowest BCUT2D eigenvalue weighted by atomic mass is 9.75. The minimum Gasteiger partial charge on any atom is -0.492 e. The van der Waals surface area contributed by atoms with Crippen LogP contribution in [0.3, 0.4) is 0 Å². The number of hydrogen-bond acceptors (Lipinski definition) is 3. The molecule has 0 unspecified atom stereocenters. The predicted molar refractivity (Wildman–Crippen MR) is 85.2 cm³/mol. The van der Waals surface area contributed by atoms with Crippen LogP contribution >= 0.6 is 0 Å². The summed E-state index contributed by atoms with van der Waals surface area (Å²) in [6, 6.07) is 1.33. The SMILES string of the molecule is COc1c(F)cc(F)cc1NC(=O)N[C@H]1CCCC12CCOCC2. The van der Waals surface area contributed by atoms with Crippen molar-refractivity contribution in [2.75, 3.05) is 25.6 Å². The van der Waals surface area contributed by atoms with Crippen molar-refractivity contribution >= 4 is 11.7 Å². The molecule has 1 spiro atoms. The number of nitrogens with one attached hydrogen (secondary N) is 2. The molecule has 0 bridgehead atoms. The second-order valence-electron chi connectivity index (χ2n) is 6.49. The van der Waals surface area contributed by atoms with Gasteiger partial charge >= 0.3 is 6.03 Å². The molecule has 132 valence electrons. The molecule has 3 rings (SSSR count). The van der Waals surface area contributed by atoms with E-state index in [1.54, 1.807) is 0 Å². The van der Waals surface area contributed by atoms with Crippen LogP contribution in [0, 0.1) is 17.0 Å². The van der Waals surface area contributed by atoms with Crippen LogP contribution in [0.2, 0.25) is 0 Å². The lowest BCUT2D eigenvalue weighted by molar-refractivity contribution is 0.00652. The topological polar surface area (TPSA) is 59.6 Å². The smallest absolute Gasteiger partial charge is 0.319 e. The Kier molecular flexibility index (Phi) is 4.89. The monoisotopic (exact) mass is 340 g/mol. The Morgan fingerprint density at radius 2 is 2.04 bits per heavy atom.